The van der Waals surface area contributed by atoms with Crippen molar-refractivity contribution in [2.45, 2.75) is 18.7 Å². The topological polar surface area (TPSA) is 103 Å². The fourth-order valence-corrected chi connectivity index (χ4v) is 3.74. The Morgan fingerprint density at radius 1 is 1.00 bits per heavy atom. The van der Waals surface area contributed by atoms with Crippen molar-refractivity contribution in [3.8, 4) is 11.4 Å². The van der Waals surface area contributed by atoms with Crippen LogP contribution < -0.4 is 15.2 Å². The van der Waals surface area contributed by atoms with E-state index in [4.69, 9.17) is 9.88 Å². The van der Waals surface area contributed by atoms with E-state index in [2.05, 4.69) is 9.88 Å². The van der Waals surface area contributed by atoms with Gasteiger partial charge >= 0.3 is 0 Å². The summed E-state index contributed by atoms with van der Waals surface area (Å²) in [6, 6.07) is 15.5. The van der Waals surface area contributed by atoms with Gasteiger partial charge in [-0.05, 0) is 68.4 Å². The van der Waals surface area contributed by atoms with E-state index >= 15 is 0 Å². The van der Waals surface area contributed by atoms with Crippen molar-refractivity contribution in [1.29, 1.82) is 0 Å². The van der Waals surface area contributed by atoms with Gasteiger partial charge in [-0.2, -0.15) is 0 Å². The highest BCUT2D eigenvalue weighted by atomic mass is 32.2. The highest BCUT2D eigenvalue weighted by molar-refractivity contribution is 7.89. The zero-order valence-electron chi connectivity index (χ0n) is 15.8. The van der Waals surface area contributed by atoms with E-state index in [1.165, 1.54) is 19.2 Å². The lowest BCUT2D eigenvalue weighted by Gasteiger charge is -2.12. The van der Waals surface area contributed by atoms with Crippen LogP contribution in [0.25, 0.3) is 5.69 Å². The second-order valence-corrected chi connectivity index (χ2v) is 7.89. The molecule has 0 atom stereocenters. The summed E-state index contributed by atoms with van der Waals surface area (Å²) >= 11 is 0. The molecule has 8 heteroatoms. The molecular formula is C20H21N3O4S. The second-order valence-electron chi connectivity index (χ2n) is 6.36. The number of benzene rings is 2. The lowest BCUT2D eigenvalue weighted by atomic mass is 10.2. The van der Waals surface area contributed by atoms with Crippen LogP contribution in [0.1, 0.15) is 21.7 Å². The van der Waals surface area contributed by atoms with Crippen LogP contribution in [-0.2, 0) is 10.0 Å². The first-order valence-corrected chi connectivity index (χ1v) is 10.0. The van der Waals surface area contributed by atoms with Crippen LogP contribution in [-0.4, -0.2) is 26.0 Å². The number of aryl methyl sites for hydroxylation is 2. The number of methoxy groups -OCH3 is 1. The number of anilines is 1. The Balaban J connectivity index is 1.84. The van der Waals surface area contributed by atoms with Gasteiger partial charge in [-0.15, -0.1) is 0 Å². The van der Waals surface area contributed by atoms with Gasteiger partial charge in [-0.3, -0.25) is 4.79 Å². The summed E-state index contributed by atoms with van der Waals surface area (Å²) in [5.74, 6) is -0.250. The first-order valence-electron chi connectivity index (χ1n) is 8.48. The summed E-state index contributed by atoms with van der Waals surface area (Å²) in [7, 11) is -2.64. The molecule has 0 aliphatic rings. The van der Waals surface area contributed by atoms with E-state index in [0.717, 1.165) is 17.1 Å². The van der Waals surface area contributed by atoms with Gasteiger partial charge in [0.25, 0.3) is 5.91 Å². The Morgan fingerprint density at radius 2 is 1.61 bits per heavy atom. The van der Waals surface area contributed by atoms with Gasteiger partial charge in [0.05, 0.1) is 7.11 Å². The Morgan fingerprint density at radius 3 is 2.14 bits per heavy atom. The Labute approximate surface area is 163 Å². The quantitative estimate of drug-likeness (QED) is 0.688. The van der Waals surface area contributed by atoms with Crippen LogP contribution in [0, 0.1) is 13.8 Å². The largest absolute Gasteiger partial charge is 0.495 e. The fourth-order valence-electron chi connectivity index (χ4n) is 3.02. The van der Waals surface area contributed by atoms with Crippen molar-refractivity contribution >= 4 is 21.6 Å². The van der Waals surface area contributed by atoms with Crippen molar-refractivity contribution in [2.75, 3.05) is 12.4 Å². The number of carbonyl (C=O) groups is 1. The summed E-state index contributed by atoms with van der Waals surface area (Å²) in [5, 5.41) is 7.89. The number of nitrogens with two attached hydrogens (primary N) is 1. The number of hydrogen-bond donors (Lipinski definition) is 2. The van der Waals surface area contributed by atoms with E-state index in [1.807, 2.05) is 38.1 Å². The van der Waals surface area contributed by atoms with E-state index < -0.39 is 10.0 Å². The van der Waals surface area contributed by atoms with Gasteiger partial charge < -0.3 is 14.6 Å². The Kier molecular flexibility index (Phi) is 5.26. The molecule has 0 bridgehead atoms. The number of aromatic nitrogens is 1. The third kappa shape index (κ3) is 3.92. The summed E-state index contributed by atoms with van der Waals surface area (Å²) in [4.78, 5) is 12.3. The van der Waals surface area contributed by atoms with Crippen LogP contribution in [0.4, 0.5) is 5.69 Å². The molecule has 0 aliphatic carbocycles. The zero-order valence-corrected chi connectivity index (χ0v) is 16.6. The molecule has 3 aromatic rings. The van der Waals surface area contributed by atoms with Crippen LogP contribution in [0.5, 0.6) is 5.75 Å². The van der Waals surface area contributed by atoms with Gasteiger partial charge in [-0.1, -0.05) is 0 Å². The minimum Gasteiger partial charge on any atom is -0.495 e. The fraction of sp³-hybridized carbons (Fsp3) is 0.150. The van der Waals surface area contributed by atoms with Gasteiger partial charge in [0.2, 0.25) is 10.0 Å². The maximum absolute atomic E-state index is 12.5. The smallest absolute Gasteiger partial charge is 0.255 e. The number of carbonyl (C=O) groups excluding carboxylic acids is 1. The summed E-state index contributed by atoms with van der Waals surface area (Å²) in [5.41, 5.74) is 3.90. The molecule has 0 unspecified atom stereocenters. The molecule has 2 aromatic carbocycles. The van der Waals surface area contributed by atoms with E-state index in [9.17, 15) is 13.2 Å². The number of sulfonamides is 1. The third-order valence-corrected chi connectivity index (χ3v) is 5.32. The predicted molar refractivity (Wildman–Crippen MR) is 108 cm³/mol. The molecule has 0 fully saturated rings. The summed E-state index contributed by atoms with van der Waals surface area (Å²) < 4.78 is 30.5. The molecule has 1 amide bonds. The number of rotatable bonds is 5. The molecule has 0 spiro atoms. The molecular weight excluding hydrogens is 378 g/mol. The SMILES string of the molecule is COc1ccc(NC(=O)c2ccc(-n3c(C)ccc3C)cc2)cc1S(N)(=O)=O. The van der Waals surface area contributed by atoms with Gasteiger partial charge in [0.15, 0.2) is 0 Å². The Hall–Kier alpha value is -3.10. The molecule has 0 radical (unpaired) electrons. The standard InChI is InChI=1S/C20H21N3O4S/c1-13-4-5-14(2)23(13)17-9-6-15(7-10-17)20(24)22-16-8-11-18(27-3)19(12-16)28(21,25)26/h4-12H,1-3H3,(H,22,24)(H2,21,25,26). The maximum Gasteiger partial charge on any atom is 0.255 e. The molecule has 3 N–H and O–H groups in total. The van der Waals surface area contributed by atoms with Crippen molar-refractivity contribution < 1.29 is 17.9 Å². The second kappa shape index (κ2) is 7.49. The van der Waals surface area contributed by atoms with E-state index in [1.54, 1.807) is 18.2 Å². The summed E-state index contributed by atoms with van der Waals surface area (Å²) in [6.45, 7) is 4.03. The van der Waals surface area contributed by atoms with Crippen molar-refractivity contribution in [1.82, 2.24) is 4.57 Å². The number of primary sulfonamides is 1. The maximum atomic E-state index is 12.5. The third-order valence-electron chi connectivity index (χ3n) is 4.39. The molecule has 146 valence electrons. The number of ether oxygens (including phenoxy) is 1. The molecule has 1 aromatic heterocycles. The van der Waals surface area contributed by atoms with Gasteiger partial charge in [0.1, 0.15) is 10.6 Å². The van der Waals surface area contributed by atoms with Gasteiger partial charge in [0, 0.05) is 28.3 Å². The lowest BCUT2D eigenvalue weighted by molar-refractivity contribution is 0.102. The molecule has 3 rings (SSSR count). The number of amides is 1. The molecule has 1 heterocycles. The van der Waals surface area contributed by atoms with Crippen molar-refractivity contribution in [2.24, 2.45) is 5.14 Å². The number of nitrogens with one attached hydrogen (secondary N) is 1. The highest BCUT2D eigenvalue weighted by Crippen LogP contribution is 2.26. The normalized spacial score (nSPS) is 11.3. The minimum atomic E-state index is -3.99. The van der Waals surface area contributed by atoms with Crippen LogP contribution in [0.2, 0.25) is 0 Å². The van der Waals surface area contributed by atoms with E-state index in [-0.39, 0.29) is 16.6 Å². The molecule has 7 nitrogen and oxygen atoms in total. The van der Waals surface area contributed by atoms with Crippen LogP contribution >= 0.6 is 0 Å². The van der Waals surface area contributed by atoms with Crippen molar-refractivity contribution in [3.63, 3.8) is 0 Å². The highest BCUT2D eigenvalue weighted by Gasteiger charge is 2.17. The van der Waals surface area contributed by atoms with Crippen molar-refractivity contribution in [3.05, 3.63) is 71.5 Å². The first kappa shape index (κ1) is 19.7. The molecule has 28 heavy (non-hydrogen) atoms. The zero-order chi connectivity index (χ0) is 20.5. The molecule has 0 saturated heterocycles. The van der Waals surface area contributed by atoms with Crippen LogP contribution in [0.15, 0.2) is 59.5 Å². The van der Waals surface area contributed by atoms with E-state index in [0.29, 0.717) is 11.3 Å². The molecule has 0 saturated carbocycles. The van der Waals surface area contributed by atoms with Crippen LogP contribution in [0.3, 0.4) is 0 Å². The average Bonchev–Trinajstić information content (AvgIpc) is 2.99. The number of nitrogens with zero attached hydrogens (tertiary/aromatic N) is 1. The molecule has 0 aliphatic heterocycles. The lowest BCUT2D eigenvalue weighted by Crippen LogP contribution is -2.16. The monoisotopic (exact) mass is 399 g/mol. The predicted octanol–water partition coefficient (Wildman–Crippen LogP) is 3.00. The first-order chi connectivity index (χ1) is 13.2. The number of hydrogen-bond acceptors (Lipinski definition) is 4. The minimum absolute atomic E-state index is 0.113. The summed E-state index contributed by atoms with van der Waals surface area (Å²) in [6.07, 6.45) is 0. The average molecular weight is 399 g/mol. The Bertz CT molecular complexity index is 1110. The van der Waals surface area contributed by atoms with Gasteiger partial charge in [-0.25, -0.2) is 13.6 Å².